The van der Waals surface area contributed by atoms with E-state index in [1.54, 1.807) is 23.1 Å². The Morgan fingerprint density at radius 3 is 2.60 bits per heavy atom. The average molecular weight is 523 g/mol. The summed E-state index contributed by atoms with van der Waals surface area (Å²) in [5.74, 6) is -0.449. The molecule has 1 N–H and O–H groups in total. The van der Waals surface area contributed by atoms with E-state index in [1.807, 2.05) is 6.92 Å². The summed E-state index contributed by atoms with van der Waals surface area (Å²) in [5.41, 5.74) is 0.253. The van der Waals surface area contributed by atoms with E-state index in [0.717, 1.165) is 34.6 Å². The zero-order valence-electron chi connectivity index (χ0n) is 18.6. The fourth-order valence-corrected chi connectivity index (χ4v) is 5.89. The average Bonchev–Trinajstić information content (AvgIpc) is 3.04. The highest BCUT2D eigenvalue weighted by Crippen LogP contribution is 2.38. The van der Waals surface area contributed by atoms with Gasteiger partial charge in [0.15, 0.2) is 5.11 Å². The SMILES string of the molecule is CCCCS(=O)(=O)Nc1ccc2c(c1)CN1C(=S)N(c3ccc(C#N)c(C(F)(F)F)c3)C(=O)C1C2. The molecule has 2 aliphatic heterocycles. The lowest BCUT2D eigenvalue weighted by Crippen LogP contribution is -2.40. The number of halogens is 3. The second kappa shape index (κ2) is 9.13. The molecule has 184 valence electrons. The Morgan fingerprint density at radius 1 is 1.20 bits per heavy atom. The van der Waals surface area contributed by atoms with Crippen molar-refractivity contribution in [3.05, 3.63) is 58.7 Å². The third-order valence-electron chi connectivity index (χ3n) is 6.01. The van der Waals surface area contributed by atoms with E-state index in [-0.39, 0.29) is 29.5 Å². The summed E-state index contributed by atoms with van der Waals surface area (Å²) in [5, 5.41) is 9.09. The van der Waals surface area contributed by atoms with Gasteiger partial charge in [-0.05, 0) is 60.1 Å². The van der Waals surface area contributed by atoms with Crippen molar-refractivity contribution in [1.82, 2.24) is 4.90 Å². The number of hydrogen-bond acceptors (Lipinski definition) is 5. The molecule has 0 radical (unpaired) electrons. The van der Waals surface area contributed by atoms with Crippen LogP contribution in [0.1, 0.15) is 42.0 Å². The first-order valence-electron chi connectivity index (χ1n) is 10.8. The van der Waals surface area contributed by atoms with Crippen molar-refractivity contribution in [2.24, 2.45) is 0 Å². The van der Waals surface area contributed by atoms with Crippen LogP contribution in [0.25, 0.3) is 0 Å². The third-order valence-corrected chi connectivity index (χ3v) is 7.80. The molecule has 4 rings (SSSR count). The van der Waals surface area contributed by atoms with E-state index in [4.69, 9.17) is 17.5 Å². The molecule has 1 unspecified atom stereocenters. The Bertz CT molecular complexity index is 1350. The molecule has 0 aliphatic carbocycles. The number of rotatable bonds is 6. The molecule has 1 saturated heterocycles. The molecule has 2 heterocycles. The molecule has 0 bridgehead atoms. The fourth-order valence-electron chi connectivity index (χ4n) is 4.25. The van der Waals surface area contributed by atoms with Crippen molar-refractivity contribution in [3.8, 4) is 6.07 Å². The van der Waals surface area contributed by atoms with Gasteiger partial charge in [0, 0.05) is 18.7 Å². The highest BCUT2D eigenvalue weighted by atomic mass is 32.2. The predicted octanol–water partition coefficient (Wildman–Crippen LogP) is 4.18. The number of unbranched alkanes of at least 4 members (excludes halogenated alkanes) is 1. The molecule has 1 amide bonds. The normalized spacial score (nSPS) is 17.7. The molecule has 2 aromatic rings. The number of fused-ring (bicyclic) bond motifs is 2. The largest absolute Gasteiger partial charge is 0.417 e. The zero-order chi connectivity index (χ0) is 25.5. The molecule has 0 saturated carbocycles. The van der Waals surface area contributed by atoms with Gasteiger partial charge in [0.25, 0.3) is 5.91 Å². The Hall–Kier alpha value is -3.17. The van der Waals surface area contributed by atoms with Crippen molar-refractivity contribution in [3.63, 3.8) is 0 Å². The van der Waals surface area contributed by atoms with E-state index in [2.05, 4.69) is 4.72 Å². The lowest BCUT2D eigenvalue weighted by Gasteiger charge is -2.30. The quantitative estimate of drug-likeness (QED) is 0.573. The number of nitrogens with one attached hydrogen (secondary N) is 1. The number of alkyl halides is 3. The maximum Gasteiger partial charge on any atom is 0.417 e. The zero-order valence-corrected chi connectivity index (χ0v) is 20.2. The Kier molecular flexibility index (Phi) is 6.50. The number of anilines is 2. The maximum absolute atomic E-state index is 13.4. The van der Waals surface area contributed by atoms with Crippen LogP contribution in [0.2, 0.25) is 0 Å². The Balaban J connectivity index is 1.61. The first kappa shape index (κ1) is 24.9. The van der Waals surface area contributed by atoms with Gasteiger partial charge < -0.3 is 4.90 Å². The number of nitriles is 1. The first-order valence-corrected chi connectivity index (χ1v) is 12.9. The molecule has 1 atom stereocenters. The second-order valence-electron chi connectivity index (χ2n) is 8.40. The molecule has 7 nitrogen and oxygen atoms in total. The van der Waals surface area contributed by atoms with Gasteiger partial charge in [-0.1, -0.05) is 19.4 Å². The van der Waals surface area contributed by atoms with Crippen LogP contribution < -0.4 is 9.62 Å². The number of sulfonamides is 1. The summed E-state index contributed by atoms with van der Waals surface area (Å²) in [6.07, 6.45) is -3.22. The number of carbonyl (C=O) groups excluding carboxylic acids is 1. The van der Waals surface area contributed by atoms with Crippen LogP contribution in [0, 0.1) is 11.3 Å². The van der Waals surface area contributed by atoms with Crippen LogP contribution in [0.4, 0.5) is 24.5 Å². The molecule has 12 heteroatoms. The van der Waals surface area contributed by atoms with E-state index in [9.17, 15) is 26.4 Å². The molecule has 1 fully saturated rings. The van der Waals surface area contributed by atoms with Crippen molar-refractivity contribution >= 4 is 44.6 Å². The van der Waals surface area contributed by atoms with E-state index >= 15 is 0 Å². The van der Waals surface area contributed by atoms with E-state index in [1.165, 1.54) is 12.1 Å². The summed E-state index contributed by atoms with van der Waals surface area (Å²) >= 11 is 5.47. The van der Waals surface area contributed by atoms with Gasteiger partial charge in [-0.3, -0.25) is 14.4 Å². The van der Waals surface area contributed by atoms with Crippen LogP contribution >= 0.6 is 12.2 Å². The number of hydrogen-bond donors (Lipinski definition) is 1. The van der Waals surface area contributed by atoms with Gasteiger partial charge in [0.2, 0.25) is 10.0 Å². The minimum absolute atomic E-state index is 0.00678. The summed E-state index contributed by atoms with van der Waals surface area (Å²) in [6, 6.07) is 8.95. The van der Waals surface area contributed by atoms with Crippen LogP contribution in [0.15, 0.2) is 36.4 Å². The molecular weight excluding hydrogens is 501 g/mol. The van der Waals surface area contributed by atoms with Crippen molar-refractivity contribution in [2.75, 3.05) is 15.4 Å². The van der Waals surface area contributed by atoms with Crippen molar-refractivity contribution in [2.45, 2.75) is 44.9 Å². The molecule has 0 aromatic heterocycles. The minimum Gasteiger partial charge on any atom is -0.332 e. The van der Waals surface area contributed by atoms with Gasteiger partial charge in [-0.25, -0.2) is 8.42 Å². The van der Waals surface area contributed by atoms with Gasteiger partial charge in [0.1, 0.15) is 6.04 Å². The second-order valence-corrected chi connectivity index (χ2v) is 10.6. The van der Waals surface area contributed by atoms with Crippen molar-refractivity contribution in [1.29, 1.82) is 5.26 Å². The minimum atomic E-state index is -4.77. The first-order chi connectivity index (χ1) is 16.4. The number of nitrogens with zero attached hydrogens (tertiary/aromatic N) is 3. The lowest BCUT2D eigenvalue weighted by molar-refractivity contribution is -0.137. The molecule has 35 heavy (non-hydrogen) atoms. The molecule has 0 spiro atoms. The predicted molar refractivity (Wildman–Crippen MR) is 128 cm³/mol. The summed E-state index contributed by atoms with van der Waals surface area (Å²) in [7, 11) is -3.49. The number of benzene rings is 2. The van der Waals surface area contributed by atoms with Crippen molar-refractivity contribution < 1.29 is 26.4 Å². The van der Waals surface area contributed by atoms with Crippen LogP contribution in [-0.4, -0.2) is 36.1 Å². The lowest BCUT2D eigenvalue weighted by atomic mass is 9.94. The van der Waals surface area contributed by atoms with Crippen LogP contribution in [0.3, 0.4) is 0 Å². The van der Waals surface area contributed by atoms with Gasteiger partial charge in [0.05, 0.1) is 28.6 Å². The molecule has 2 aliphatic rings. The smallest absolute Gasteiger partial charge is 0.332 e. The number of thiocarbonyl (C=S) groups is 1. The maximum atomic E-state index is 13.4. The number of amides is 1. The summed E-state index contributed by atoms with van der Waals surface area (Å²) in [4.78, 5) is 15.9. The van der Waals surface area contributed by atoms with Crippen LogP contribution in [0.5, 0.6) is 0 Å². The molecular formula is C23H21F3N4O3S2. The fraction of sp³-hybridized carbons (Fsp3) is 0.348. The summed E-state index contributed by atoms with van der Waals surface area (Å²) in [6.45, 7) is 2.10. The summed E-state index contributed by atoms with van der Waals surface area (Å²) < 4.78 is 67.4. The monoisotopic (exact) mass is 522 g/mol. The third kappa shape index (κ3) is 4.83. The highest BCUT2D eigenvalue weighted by molar-refractivity contribution is 7.92. The van der Waals surface area contributed by atoms with Crippen LogP contribution in [-0.2, 0) is 34.0 Å². The van der Waals surface area contributed by atoms with Gasteiger partial charge >= 0.3 is 6.18 Å². The van der Waals surface area contributed by atoms with E-state index < -0.39 is 39.3 Å². The topological polar surface area (TPSA) is 93.5 Å². The highest BCUT2D eigenvalue weighted by Gasteiger charge is 2.46. The Morgan fingerprint density at radius 2 is 1.94 bits per heavy atom. The molecule has 2 aromatic carbocycles. The van der Waals surface area contributed by atoms with Gasteiger partial charge in [-0.2, -0.15) is 18.4 Å². The van der Waals surface area contributed by atoms with E-state index in [0.29, 0.717) is 12.1 Å². The number of carbonyl (C=O) groups is 1. The van der Waals surface area contributed by atoms with Gasteiger partial charge in [-0.15, -0.1) is 0 Å². The Labute approximate surface area is 206 Å². The standard InChI is InChI=1S/C23H21F3N4O3S2/c1-2-3-8-35(32,33)28-17-6-4-14-10-20-21(31)30(22(34)29(20)13-16(14)9-17)18-7-5-15(12-27)19(11-18)23(24,25)26/h4-7,9,11,20,28H,2-3,8,10,13H2,1H3.